The van der Waals surface area contributed by atoms with Gasteiger partial charge in [0.15, 0.2) is 10.2 Å². The molecule has 2 rings (SSSR count). The van der Waals surface area contributed by atoms with Crippen LogP contribution in [-0.2, 0) is 6.54 Å². The summed E-state index contributed by atoms with van der Waals surface area (Å²) in [6, 6.07) is 2.51. The fourth-order valence-electron chi connectivity index (χ4n) is 1.42. The fraction of sp³-hybridized carbons (Fsp3) is 0.182. The molecule has 0 unspecified atom stereocenters. The Labute approximate surface area is 136 Å². The van der Waals surface area contributed by atoms with Crippen LogP contribution in [-0.4, -0.2) is 11.3 Å². The van der Waals surface area contributed by atoms with Crippen molar-refractivity contribution >= 4 is 51.8 Å². The molecule has 0 saturated carbocycles. The molecule has 0 aliphatic heterocycles. The van der Waals surface area contributed by atoms with Crippen LogP contribution in [0.4, 0.5) is 18.9 Å². The Morgan fingerprint density at radius 1 is 1.24 bits per heavy atom. The topological polar surface area (TPSA) is 34.1 Å². The van der Waals surface area contributed by atoms with E-state index in [-0.39, 0.29) is 10.0 Å². The number of hydrogen-bond donors (Lipinski definition) is 1. The van der Waals surface area contributed by atoms with E-state index < -0.39 is 12.1 Å². The summed E-state index contributed by atoms with van der Waals surface area (Å²) >= 11 is 18.4. The second-order valence-corrected chi connectivity index (χ2v) is 6.23. The molecule has 0 spiro atoms. The summed E-state index contributed by atoms with van der Waals surface area (Å²) in [5.41, 5.74) is 0.327. The maximum absolute atomic E-state index is 12.3. The molecular formula is C11H6Cl3F3N2OS. The fourth-order valence-corrected chi connectivity index (χ4v) is 2.70. The van der Waals surface area contributed by atoms with Gasteiger partial charge in [-0.15, -0.1) is 24.5 Å². The number of hydrogen-bond acceptors (Lipinski definition) is 4. The number of ether oxygens (including phenoxy) is 1. The van der Waals surface area contributed by atoms with E-state index in [4.69, 9.17) is 34.8 Å². The molecule has 1 N–H and O–H groups in total. The van der Waals surface area contributed by atoms with Crippen LogP contribution < -0.4 is 10.1 Å². The first kappa shape index (κ1) is 16.5. The predicted molar refractivity (Wildman–Crippen MR) is 77.6 cm³/mol. The van der Waals surface area contributed by atoms with E-state index in [1.54, 1.807) is 6.20 Å². The zero-order chi connectivity index (χ0) is 15.6. The number of nitrogens with zero attached hydrogens (tertiary/aromatic N) is 1. The molecule has 0 bridgehead atoms. The van der Waals surface area contributed by atoms with Crippen LogP contribution in [0.2, 0.25) is 14.5 Å². The number of rotatable bonds is 4. The molecule has 0 amide bonds. The Morgan fingerprint density at radius 3 is 2.52 bits per heavy atom. The molecule has 3 nitrogen and oxygen atoms in total. The molecule has 1 aromatic heterocycles. The van der Waals surface area contributed by atoms with E-state index >= 15 is 0 Å². The van der Waals surface area contributed by atoms with Gasteiger partial charge in [-0.2, -0.15) is 0 Å². The van der Waals surface area contributed by atoms with Crippen molar-refractivity contribution in [3.05, 3.63) is 37.7 Å². The Kier molecular flexibility index (Phi) is 5.08. The van der Waals surface area contributed by atoms with Crippen molar-refractivity contribution in [2.45, 2.75) is 12.9 Å². The number of halogens is 6. The minimum absolute atomic E-state index is 0.0525. The molecule has 0 saturated heterocycles. The molecule has 0 aliphatic rings. The summed E-state index contributed by atoms with van der Waals surface area (Å²) in [5, 5.41) is 2.53. The van der Waals surface area contributed by atoms with Gasteiger partial charge < -0.3 is 10.1 Å². The average molecular weight is 378 g/mol. The molecule has 0 radical (unpaired) electrons. The van der Waals surface area contributed by atoms with Gasteiger partial charge in [0.25, 0.3) is 0 Å². The molecule has 10 heteroatoms. The van der Waals surface area contributed by atoms with E-state index in [0.29, 0.717) is 16.7 Å². The third-order valence-electron chi connectivity index (χ3n) is 2.21. The highest BCUT2D eigenvalue weighted by Crippen LogP contribution is 2.38. The van der Waals surface area contributed by atoms with Gasteiger partial charge in [0.05, 0.1) is 11.6 Å². The smallest absolute Gasteiger partial charge is 0.404 e. The molecule has 21 heavy (non-hydrogen) atoms. The number of thiazole rings is 1. The summed E-state index contributed by atoms with van der Waals surface area (Å²) in [6.07, 6.45) is -3.29. The highest BCUT2D eigenvalue weighted by molar-refractivity contribution is 7.15. The molecule has 0 atom stereocenters. The van der Waals surface area contributed by atoms with Gasteiger partial charge in [-0.25, -0.2) is 4.98 Å². The van der Waals surface area contributed by atoms with Gasteiger partial charge in [0.1, 0.15) is 5.02 Å². The van der Waals surface area contributed by atoms with Crippen molar-refractivity contribution in [1.82, 2.24) is 4.98 Å². The third-order valence-corrected chi connectivity index (χ3v) is 4.11. The number of alkyl halides is 3. The Bertz CT molecular complexity index is 648. The molecular weight excluding hydrogens is 372 g/mol. The highest BCUT2D eigenvalue weighted by atomic mass is 35.5. The summed E-state index contributed by atoms with van der Waals surface area (Å²) in [5.74, 6) is -0.568. The van der Waals surface area contributed by atoms with Gasteiger partial charge in [-0.05, 0) is 6.07 Å². The van der Waals surface area contributed by atoms with E-state index in [1.165, 1.54) is 17.4 Å². The standard InChI is InChI=1S/C11H6Cl3F3N2OS/c12-7-1-5(18-3-6-4-19-10(14)21-6)2-8(9(7)13)20-11(15,16)17/h1-2,4,18H,3H2. The molecule has 1 heterocycles. The first-order chi connectivity index (χ1) is 9.74. The minimum Gasteiger partial charge on any atom is -0.404 e. The largest absolute Gasteiger partial charge is 0.573 e. The van der Waals surface area contributed by atoms with Gasteiger partial charge in [0.2, 0.25) is 0 Å². The minimum atomic E-state index is -4.85. The molecule has 114 valence electrons. The number of benzene rings is 1. The van der Waals surface area contributed by atoms with Gasteiger partial charge in [0, 0.05) is 22.8 Å². The van der Waals surface area contributed by atoms with Crippen LogP contribution in [0.25, 0.3) is 0 Å². The average Bonchev–Trinajstić information content (AvgIpc) is 2.77. The normalized spacial score (nSPS) is 11.5. The van der Waals surface area contributed by atoms with Crippen LogP contribution in [0.5, 0.6) is 5.75 Å². The van der Waals surface area contributed by atoms with Crippen LogP contribution in [0.1, 0.15) is 4.88 Å². The first-order valence-electron chi connectivity index (χ1n) is 5.33. The monoisotopic (exact) mass is 376 g/mol. The molecule has 1 aromatic carbocycles. The molecule has 2 aromatic rings. The lowest BCUT2D eigenvalue weighted by molar-refractivity contribution is -0.274. The Hall–Kier alpha value is -0.890. The highest BCUT2D eigenvalue weighted by Gasteiger charge is 2.32. The maximum atomic E-state index is 12.3. The second kappa shape index (κ2) is 6.48. The molecule has 0 aliphatic carbocycles. The van der Waals surface area contributed by atoms with Crippen molar-refractivity contribution in [2.75, 3.05) is 5.32 Å². The zero-order valence-corrected chi connectivity index (χ0v) is 13.1. The van der Waals surface area contributed by atoms with Crippen LogP contribution in [0.3, 0.4) is 0 Å². The Morgan fingerprint density at radius 2 is 1.95 bits per heavy atom. The van der Waals surface area contributed by atoms with Crippen molar-refractivity contribution in [2.24, 2.45) is 0 Å². The zero-order valence-electron chi connectivity index (χ0n) is 9.97. The van der Waals surface area contributed by atoms with Gasteiger partial charge in [-0.3, -0.25) is 0 Å². The van der Waals surface area contributed by atoms with E-state index in [2.05, 4.69) is 15.0 Å². The summed E-state index contributed by atoms with van der Waals surface area (Å²) in [4.78, 5) is 4.66. The summed E-state index contributed by atoms with van der Waals surface area (Å²) in [6.45, 7) is 0.327. The lowest BCUT2D eigenvalue weighted by atomic mass is 10.3. The summed E-state index contributed by atoms with van der Waals surface area (Å²) < 4.78 is 41.0. The number of anilines is 1. The lowest BCUT2D eigenvalue weighted by Gasteiger charge is -2.13. The van der Waals surface area contributed by atoms with Gasteiger partial charge in [-0.1, -0.05) is 34.8 Å². The second-order valence-electron chi connectivity index (χ2n) is 3.75. The van der Waals surface area contributed by atoms with E-state index in [1.807, 2.05) is 0 Å². The number of nitrogens with one attached hydrogen (secondary N) is 1. The predicted octanol–water partition coefficient (Wildman–Crippen LogP) is 5.61. The van der Waals surface area contributed by atoms with Crippen molar-refractivity contribution in [1.29, 1.82) is 0 Å². The SMILES string of the molecule is FC(F)(F)Oc1cc(NCc2cnc(Cl)s2)cc(Cl)c1Cl. The van der Waals surface area contributed by atoms with E-state index in [0.717, 1.165) is 10.9 Å². The van der Waals surface area contributed by atoms with E-state index in [9.17, 15) is 13.2 Å². The van der Waals surface area contributed by atoms with Crippen molar-refractivity contribution in [3.8, 4) is 5.75 Å². The third kappa shape index (κ3) is 4.81. The van der Waals surface area contributed by atoms with Crippen molar-refractivity contribution in [3.63, 3.8) is 0 Å². The lowest BCUT2D eigenvalue weighted by Crippen LogP contribution is -2.17. The van der Waals surface area contributed by atoms with Crippen LogP contribution in [0, 0.1) is 0 Å². The van der Waals surface area contributed by atoms with Crippen LogP contribution >= 0.6 is 46.1 Å². The van der Waals surface area contributed by atoms with Gasteiger partial charge >= 0.3 is 6.36 Å². The summed E-state index contributed by atoms with van der Waals surface area (Å²) in [7, 11) is 0. The number of aromatic nitrogens is 1. The van der Waals surface area contributed by atoms with Crippen LogP contribution in [0.15, 0.2) is 18.3 Å². The molecule has 0 fully saturated rings. The maximum Gasteiger partial charge on any atom is 0.573 e. The van der Waals surface area contributed by atoms with Crippen molar-refractivity contribution < 1.29 is 17.9 Å². The first-order valence-corrected chi connectivity index (χ1v) is 7.28. The quantitative estimate of drug-likeness (QED) is 0.751. The Balaban J connectivity index is 2.16.